The number of amides is 2. The van der Waals surface area contributed by atoms with Gasteiger partial charge in [-0.25, -0.2) is 0 Å². The largest absolute Gasteiger partial charge is 0.325 e. The molecule has 1 radical (unpaired) electrons. The Hall–Kier alpha value is -1.84. The van der Waals surface area contributed by atoms with Crippen molar-refractivity contribution in [3.63, 3.8) is 0 Å². The number of para-hydroxylation sites is 1. The highest BCUT2D eigenvalue weighted by atomic mass is 16.2. The zero-order valence-electron chi connectivity index (χ0n) is 8.05. The van der Waals surface area contributed by atoms with E-state index in [1.807, 2.05) is 0 Å². The van der Waals surface area contributed by atoms with E-state index in [9.17, 15) is 9.59 Å². The summed E-state index contributed by atoms with van der Waals surface area (Å²) in [5.74, 6) is -0.379. The summed E-state index contributed by atoms with van der Waals surface area (Å²) < 4.78 is 0. The Bertz CT molecular complexity index is 326. The first-order valence-corrected chi connectivity index (χ1v) is 4.15. The first-order chi connectivity index (χ1) is 6.59. The van der Waals surface area contributed by atoms with Crippen LogP contribution in [0.1, 0.15) is 13.8 Å². The number of carbonyl (C=O) groups is 2. The van der Waals surface area contributed by atoms with E-state index in [-0.39, 0.29) is 11.8 Å². The molecule has 0 aromatic heterocycles. The number of benzene rings is 1. The van der Waals surface area contributed by atoms with Gasteiger partial charge in [0.15, 0.2) is 0 Å². The highest BCUT2D eigenvalue weighted by Gasteiger charge is 2.03. The zero-order valence-corrected chi connectivity index (χ0v) is 8.05. The molecule has 1 aromatic rings. The Morgan fingerprint density at radius 1 is 1.21 bits per heavy atom. The summed E-state index contributed by atoms with van der Waals surface area (Å²) >= 11 is 0. The minimum Gasteiger partial charge on any atom is -0.325 e. The van der Waals surface area contributed by atoms with Gasteiger partial charge in [0.1, 0.15) is 0 Å². The fourth-order valence-corrected chi connectivity index (χ4v) is 1.01. The molecule has 0 heterocycles. The van der Waals surface area contributed by atoms with E-state index in [4.69, 9.17) is 0 Å². The lowest BCUT2D eigenvalue weighted by atomic mass is 10.2. The van der Waals surface area contributed by atoms with Crippen molar-refractivity contribution in [1.29, 1.82) is 0 Å². The average Bonchev–Trinajstić information content (AvgIpc) is 2.06. The maximum Gasteiger partial charge on any atom is 0.221 e. The summed E-state index contributed by atoms with van der Waals surface area (Å²) in [5, 5.41) is 5.16. The molecule has 0 fully saturated rings. The Morgan fingerprint density at radius 3 is 2.43 bits per heavy atom. The van der Waals surface area contributed by atoms with Gasteiger partial charge in [-0.15, -0.1) is 0 Å². The number of anilines is 2. The number of nitrogens with one attached hydrogen (secondary N) is 2. The van der Waals surface area contributed by atoms with E-state index >= 15 is 0 Å². The zero-order chi connectivity index (χ0) is 10.6. The summed E-state index contributed by atoms with van der Waals surface area (Å²) in [6, 6.07) is 7.92. The van der Waals surface area contributed by atoms with Crippen LogP contribution in [-0.2, 0) is 9.59 Å². The normalized spacial score (nSPS) is 9.29. The van der Waals surface area contributed by atoms with Crippen molar-refractivity contribution in [2.24, 2.45) is 0 Å². The van der Waals surface area contributed by atoms with Crippen LogP contribution in [0, 0.1) is 6.07 Å². The quantitative estimate of drug-likeness (QED) is 0.742. The second kappa shape index (κ2) is 4.41. The van der Waals surface area contributed by atoms with Gasteiger partial charge in [0.25, 0.3) is 0 Å². The standard InChI is InChI=1S/C10H11N2O2/c1-7(13)11-9-5-3-4-6-10(9)12-8(2)14/h3-5H,1-2H3,(H,11,13)(H,12,14). The predicted octanol–water partition coefficient (Wildman–Crippen LogP) is 1.40. The van der Waals surface area contributed by atoms with Gasteiger partial charge < -0.3 is 10.6 Å². The number of hydrogen-bond donors (Lipinski definition) is 2. The Balaban J connectivity index is 2.90. The van der Waals surface area contributed by atoms with Gasteiger partial charge in [-0.3, -0.25) is 9.59 Å². The molecule has 0 atom stereocenters. The molecule has 0 unspecified atom stereocenters. The maximum atomic E-state index is 10.8. The number of hydrogen-bond acceptors (Lipinski definition) is 2. The van der Waals surface area contributed by atoms with Crippen LogP contribution >= 0.6 is 0 Å². The van der Waals surface area contributed by atoms with E-state index in [0.717, 1.165) is 0 Å². The van der Waals surface area contributed by atoms with E-state index in [1.165, 1.54) is 13.8 Å². The lowest BCUT2D eigenvalue weighted by Crippen LogP contribution is -2.12. The van der Waals surface area contributed by atoms with Crippen LogP contribution in [0.5, 0.6) is 0 Å². The summed E-state index contributed by atoms with van der Waals surface area (Å²) in [6.07, 6.45) is 0. The molecule has 1 rings (SSSR count). The molecule has 2 N–H and O–H groups in total. The van der Waals surface area contributed by atoms with E-state index in [1.54, 1.807) is 18.2 Å². The molecule has 0 spiro atoms. The van der Waals surface area contributed by atoms with Crippen molar-refractivity contribution >= 4 is 23.2 Å². The van der Waals surface area contributed by atoms with Gasteiger partial charge in [0, 0.05) is 19.9 Å². The van der Waals surface area contributed by atoms with Gasteiger partial charge in [-0.2, -0.15) is 0 Å². The van der Waals surface area contributed by atoms with Crippen LogP contribution in [0.2, 0.25) is 0 Å². The molecule has 4 heteroatoms. The molecule has 4 nitrogen and oxygen atoms in total. The predicted molar refractivity (Wildman–Crippen MR) is 53.9 cm³/mol. The third-order valence-electron chi connectivity index (χ3n) is 1.47. The van der Waals surface area contributed by atoms with Crippen molar-refractivity contribution in [2.45, 2.75) is 13.8 Å². The summed E-state index contributed by atoms with van der Waals surface area (Å²) in [7, 11) is 0. The Labute approximate surface area is 82.3 Å². The molecule has 1 aromatic carbocycles. The first kappa shape index (κ1) is 10.2. The molecule has 2 amide bonds. The van der Waals surface area contributed by atoms with Crippen LogP contribution in [-0.4, -0.2) is 11.8 Å². The topological polar surface area (TPSA) is 58.2 Å². The van der Waals surface area contributed by atoms with Gasteiger partial charge in [-0.1, -0.05) is 12.1 Å². The Morgan fingerprint density at radius 2 is 1.86 bits per heavy atom. The molecule has 0 aliphatic heterocycles. The molecule has 0 aliphatic rings. The monoisotopic (exact) mass is 191 g/mol. The second-order valence-electron chi connectivity index (χ2n) is 2.82. The van der Waals surface area contributed by atoms with E-state index in [2.05, 4.69) is 16.7 Å². The third-order valence-corrected chi connectivity index (χ3v) is 1.47. The van der Waals surface area contributed by atoms with Crippen LogP contribution in [0.25, 0.3) is 0 Å². The molecule has 14 heavy (non-hydrogen) atoms. The lowest BCUT2D eigenvalue weighted by Gasteiger charge is -2.08. The van der Waals surface area contributed by atoms with Crippen molar-refractivity contribution < 1.29 is 9.59 Å². The molecule has 0 aliphatic carbocycles. The fraction of sp³-hybridized carbons (Fsp3) is 0.200. The van der Waals surface area contributed by atoms with Crippen molar-refractivity contribution in [3.8, 4) is 0 Å². The summed E-state index contributed by atoms with van der Waals surface area (Å²) in [6.45, 7) is 2.81. The average molecular weight is 191 g/mol. The molecule has 0 saturated carbocycles. The molecular weight excluding hydrogens is 180 g/mol. The van der Waals surface area contributed by atoms with Gasteiger partial charge in [0.05, 0.1) is 11.4 Å². The van der Waals surface area contributed by atoms with Crippen LogP contribution in [0.3, 0.4) is 0 Å². The van der Waals surface area contributed by atoms with Crippen LogP contribution in [0.15, 0.2) is 18.2 Å². The smallest absolute Gasteiger partial charge is 0.221 e. The van der Waals surface area contributed by atoms with Gasteiger partial charge >= 0.3 is 0 Å². The third kappa shape index (κ3) is 2.90. The second-order valence-corrected chi connectivity index (χ2v) is 2.82. The highest BCUT2D eigenvalue weighted by Crippen LogP contribution is 2.19. The summed E-state index contributed by atoms with van der Waals surface area (Å²) in [4.78, 5) is 21.6. The molecular formula is C10H11N2O2. The minimum atomic E-state index is -0.195. The van der Waals surface area contributed by atoms with Crippen molar-refractivity contribution in [2.75, 3.05) is 10.6 Å². The molecule has 0 saturated heterocycles. The van der Waals surface area contributed by atoms with Gasteiger partial charge in [0.2, 0.25) is 11.8 Å². The van der Waals surface area contributed by atoms with E-state index in [0.29, 0.717) is 11.4 Å². The van der Waals surface area contributed by atoms with Crippen LogP contribution in [0.4, 0.5) is 11.4 Å². The minimum absolute atomic E-state index is 0.184. The van der Waals surface area contributed by atoms with Crippen molar-refractivity contribution in [3.05, 3.63) is 24.3 Å². The number of carbonyl (C=O) groups excluding carboxylic acids is 2. The Kier molecular flexibility index (Phi) is 3.23. The van der Waals surface area contributed by atoms with Crippen molar-refractivity contribution in [1.82, 2.24) is 0 Å². The molecule has 0 bridgehead atoms. The SMILES string of the molecule is CC(=O)Nc1[c]cccc1NC(C)=O. The fourth-order valence-electron chi connectivity index (χ4n) is 1.01. The number of rotatable bonds is 2. The van der Waals surface area contributed by atoms with Gasteiger partial charge in [-0.05, 0) is 6.07 Å². The maximum absolute atomic E-state index is 10.8. The highest BCUT2D eigenvalue weighted by molar-refractivity contribution is 5.97. The first-order valence-electron chi connectivity index (χ1n) is 4.15. The van der Waals surface area contributed by atoms with E-state index < -0.39 is 0 Å². The molecule has 73 valence electrons. The summed E-state index contributed by atoms with van der Waals surface area (Å²) in [5.41, 5.74) is 1.03. The lowest BCUT2D eigenvalue weighted by molar-refractivity contribution is -0.115. The van der Waals surface area contributed by atoms with Crippen LogP contribution < -0.4 is 10.6 Å².